The molecule has 0 spiro atoms. The zero-order valence-corrected chi connectivity index (χ0v) is 14.7. The van der Waals surface area contributed by atoms with Crippen molar-refractivity contribution in [3.8, 4) is 0 Å². The van der Waals surface area contributed by atoms with Gasteiger partial charge in [0.1, 0.15) is 0 Å². The van der Waals surface area contributed by atoms with Gasteiger partial charge in [0.15, 0.2) is 5.96 Å². The number of nitrogens with zero attached hydrogens (tertiary/aromatic N) is 2. The Kier molecular flexibility index (Phi) is 4.43. The zero-order valence-electron chi connectivity index (χ0n) is 12.4. The summed E-state index contributed by atoms with van der Waals surface area (Å²) in [5, 5.41) is 0. The van der Waals surface area contributed by atoms with Crippen LogP contribution in [0.4, 0.5) is 0 Å². The third-order valence-electron chi connectivity index (χ3n) is 5.35. The molecule has 3 atom stereocenters. The third kappa shape index (κ3) is 2.79. The van der Waals surface area contributed by atoms with E-state index in [0.29, 0.717) is 0 Å². The minimum Gasteiger partial charge on any atom is -0.370 e. The van der Waals surface area contributed by atoms with E-state index in [2.05, 4.69) is 34.2 Å². The molecule has 1 aromatic carbocycles. The lowest BCUT2D eigenvalue weighted by Gasteiger charge is -2.27. The van der Waals surface area contributed by atoms with Crippen LogP contribution in [0.15, 0.2) is 29.3 Å². The maximum atomic E-state index is 6.15. The standard InChI is InChI=1S/C17H23N3.HI/c18-17(20-8-4-1-5-9-20)19-11-15-14-10-12-6-2-3-7-13(12)16(14)15;/h2-3,6-7,14-16H,1,4-5,8-11H2,(H2,18,19);1H. The van der Waals surface area contributed by atoms with Gasteiger partial charge in [-0.1, -0.05) is 24.3 Å². The first-order valence-corrected chi connectivity index (χ1v) is 7.97. The van der Waals surface area contributed by atoms with E-state index in [1.807, 2.05) is 0 Å². The van der Waals surface area contributed by atoms with Crippen molar-refractivity contribution in [3.05, 3.63) is 35.4 Å². The maximum absolute atomic E-state index is 6.15. The third-order valence-corrected chi connectivity index (χ3v) is 5.35. The normalized spacial score (nSPS) is 30.4. The fourth-order valence-electron chi connectivity index (χ4n) is 4.15. The molecular weight excluding hydrogens is 373 g/mol. The molecule has 3 unspecified atom stereocenters. The lowest BCUT2D eigenvalue weighted by Crippen LogP contribution is -2.41. The van der Waals surface area contributed by atoms with Gasteiger partial charge in [-0.15, -0.1) is 24.0 Å². The van der Waals surface area contributed by atoms with Crippen LogP contribution in [0.2, 0.25) is 0 Å². The van der Waals surface area contributed by atoms with Crippen LogP contribution in [-0.2, 0) is 6.42 Å². The molecule has 1 saturated carbocycles. The van der Waals surface area contributed by atoms with Gasteiger partial charge < -0.3 is 10.6 Å². The predicted molar refractivity (Wildman–Crippen MR) is 97.2 cm³/mol. The Morgan fingerprint density at radius 2 is 1.95 bits per heavy atom. The number of piperidine rings is 1. The number of rotatable bonds is 2. The van der Waals surface area contributed by atoms with Crippen LogP contribution in [0.1, 0.15) is 36.3 Å². The lowest BCUT2D eigenvalue weighted by molar-refractivity contribution is 0.338. The van der Waals surface area contributed by atoms with Gasteiger partial charge in [0.25, 0.3) is 0 Å². The predicted octanol–water partition coefficient (Wildman–Crippen LogP) is 2.99. The summed E-state index contributed by atoms with van der Waals surface area (Å²) in [5.41, 5.74) is 9.29. The highest BCUT2D eigenvalue weighted by Crippen LogP contribution is 2.61. The zero-order chi connectivity index (χ0) is 13.5. The van der Waals surface area contributed by atoms with Crippen molar-refractivity contribution in [2.24, 2.45) is 22.6 Å². The van der Waals surface area contributed by atoms with Crippen LogP contribution in [0.5, 0.6) is 0 Å². The summed E-state index contributed by atoms with van der Waals surface area (Å²) >= 11 is 0. The fourth-order valence-corrected chi connectivity index (χ4v) is 4.15. The lowest BCUT2D eigenvalue weighted by atomic mass is 10.0. The Balaban J connectivity index is 0.00000132. The first kappa shape index (κ1) is 15.1. The van der Waals surface area contributed by atoms with E-state index in [1.54, 1.807) is 11.1 Å². The summed E-state index contributed by atoms with van der Waals surface area (Å²) in [7, 11) is 0. The monoisotopic (exact) mass is 397 g/mol. The molecule has 0 bridgehead atoms. The SMILES string of the molecule is I.NC(=NCC1C2Cc3ccccc3C12)N1CCCCC1. The van der Waals surface area contributed by atoms with E-state index in [4.69, 9.17) is 5.73 Å². The van der Waals surface area contributed by atoms with Crippen molar-refractivity contribution >= 4 is 29.9 Å². The summed E-state index contributed by atoms with van der Waals surface area (Å²) in [4.78, 5) is 6.95. The Bertz CT molecular complexity index is 537. The van der Waals surface area contributed by atoms with Gasteiger partial charge in [-0.3, -0.25) is 4.99 Å². The van der Waals surface area contributed by atoms with Gasteiger partial charge in [-0.05, 0) is 54.6 Å². The van der Waals surface area contributed by atoms with E-state index < -0.39 is 0 Å². The molecule has 1 saturated heterocycles. The van der Waals surface area contributed by atoms with Crippen LogP contribution in [-0.4, -0.2) is 30.5 Å². The Morgan fingerprint density at radius 1 is 1.19 bits per heavy atom. The molecule has 2 fully saturated rings. The molecule has 0 amide bonds. The van der Waals surface area contributed by atoms with E-state index >= 15 is 0 Å². The summed E-state index contributed by atoms with van der Waals surface area (Å²) < 4.78 is 0. The molecule has 3 nitrogen and oxygen atoms in total. The average molecular weight is 397 g/mol. The summed E-state index contributed by atoms with van der Waals surface area (Å²) in [6.45, 7) is 3.11. The largest absolute Gasteiger partial charge is 0.370 e. The molecule has 0 aromatic heterocycles. The molecule has 2 aliphatic carbocycles. The average Bonchev–Trinajstić information content (AvgIpc) is 3.04. The first-order chi connectivity index (χ1) is 9.84. The van der Waals surface area contributed by atoms with Crippen molar-refractivity contribution in [2.45, 2.75) is 31.6 Å². The summed E-state index contributed by atoms with van der Waals surface area (Å²) in [6.07, 6.45) is 5.12. The molecule has 1 aliphatic heterocycles. The number of likely N-dealkylation sites (tertiary alicyclic amines) is 1. The van der Waals surface area contributed by atoms with E-state index in [0.717, 1.165) is 43.3 Å². The van der Waals surface area contributed by atoms with Gasteiger partial charge >= 0.3 is 0 Å². The van der Waals surface area contributed by atoms with Crippen molar-refractivity contribution in [2.75, 3.05) is 19.6 Å². The maximum Gasteiger partial charge on any atom is 0.191 e. The molecule has 3 aliphatic rings. The molecule has 0 radical (unpaired) electrons. The van der Waals surface area contributed by atoms with Gasteiger partial charge in [0.2, 0.25) is 0 Å². The van der Waals surface area contributed by atoms with Crippen molar-refractivity contribution in [1.29, 1.82) is 0 Å². The summed E-state index contributed by atoms with van der Waals surface area (Å²) in [5.74, 6) is 3.13. The Labute approximate surface area is 144 Å². The van der Waals surface area contributed by atoms with Crippen LogP contribution < -0.4 is 5.73 Å². The number of benzene rings is 1. The van der Waals surface area contributed by atoms with E-state index in [-0.39, 0.29) is 24.0 Å². The molecule has 114 valence electrons. The highest BCUT2D eigenvalue weighted by Gasteiger charge is 2.54. The second-order valence-corrected chi connectivity index (χ2v) is 6.50. The Hall–Kier alpha value is -0.780. The van der Waals surface area contributed by atoms with Crippen LogP contribution >= 0.6 is 24.0 Å². The molecule has 1 aromatic rings. The van der Waals surface area contributed by atoms with Crippen LogP contribution in [0.25, 0.3) is 0 Å². The number of guanidine groups is 1. The second-order valence-electron chi connectivity index (χ2n) is 6.50. The molecule has 1 heterocycles. The van der Waals surface area contributed by atoms with Gasteiger partial charge in [-0.25, -0.2) is 0 Å². The number of aliphatic imine (C=N–C) groups is 1. The van der Waals surface area contributed by atoms with Gasteiger partial charge in [0, 0.05) is 19.6 Å². The number of halogens is 1. The molecule has 4 rings (SSSR count). The highest BCUT2D eigenvalue weighted by atomic mass is 127. The number of fused-ring (bicyclic) bond motifs is 3. The van der Waals surface area contributed by atoms with Crippen LogP contribution in [0.3, 0.4) is 0 Å². The smallest absolute Gasteiger partial charge is 0.191 e. The molecule has 2 N–H and O–H groups in total. The van der Waals surface area contributed by atoms with Crippen molar-refractivity contribution < 1.29 is 0 Å². The fraction of sp³-hybridized carbons (Fsp3) is 0.588. The quantitative estimate of drug-likeness (QED) is 0.474. The minimum absolute atomic E-state index is 0. The number of nitrogens with two attached hydrogens (primary N) is 1. The van der Waals surface area contributed by atoms with Gasteiger partial charge in [-0.2, -0.15) is 0 Å². The Morgan fingerprint density at radius 3 is 2.76 bits per heavy atom. The van der Waals surface area contributed by atoms with Crippen molar-refractivity contribution in [1.82, 2.24) is 4.90 Å². The first-order valence-electron chi connectivity index (χ1n) is 7.97. The molecule has 4 heteroatoms. The van der Waals surface area contributed by atoms with E-state index in [1.165, 1.54) is 25.7 Å². The van der Waals surface area contributed by atoms with Crippen LogP contribution in [0, 0.1) is 11.8 Å². The second kappa shape index (κ2) is 6.15. The van der Waals surface area contributed by atoms with Crippen molar-refractivity contribution in [3.63, 3.8) is 0 Å². The molecule has 21 heavy (non-hydrogen) atoms. The van der Waals surface area contributed by atoms with E-state index in [9.17, 15) is 0 Å². The highest BCUT2D eigenvalue weighted by molar-refractivity contribution is 14.0. The van der Waals surface area contributed by atoms with Gasteiger partial charge in [0.05, 0.1) is 0 Å². The topological polar surface area (TPSA) is 41.6 Å². The number of hydrogen-bond acceptors (Lipinski definition) is 1. The minimum atomic E-state index is 0. The summed E-state index contributed by atoms with van der Waals surface area (Å²) in [6, 6.07) is 8.91. The molecular formula is C17H24IN3. The number of hydrogen-bond donors (Lipinski definition) is 1.